The van der Waals surface area contributed by atoms with Crippen LogP contribution in [0.5, 0.6) is 11.5 Å². The first-order chi connectivity index (χ1) is 21.8. The molecule has 0 saturated heterocycles. The molecule has 2 aromatic carbocycles. The summed E-state index contributed by atoms with van der Waals surface area (Å²) in [6.07, 6.45) is -2.28. The first-order valence-electron chi connectivity index (χ1n) is 14.2. The van der Waals surface area contributed by atoms with E-state index >= 15 is 0 Å². The van der Waals surface area contributed by atoms with Crippen molar-refractivity contribution < 1.29 is 66.6 Å². The molecular weight excluding hydrogens is 596 g/mol. The van der Waals surface area contributed by atoms with Gasteiger partial charge in [-0.15, -0.1) is 0 Å². The second kappa shape index (κ2) is 21.2. The first-order valence-corrected chi connectivity index (χ1v) is 14.2. The number of hydrogen-bond acceptors (Lipinski definition) is 14. The van der Waals surface area contributed by atoms with Crippen molar-refractivity contribution in [2.75, 3.05) is 60.0 Å². The fourth-order valence-corrected chi connectivity index (χ4v) is 3.27. The van der Waals surface area contributed by atoms with Crippen LogP contribution in [0, 0.1) is 0 Å². The van der Waals surface area contributed by atoms with Crippen molar-refractivity contribution in [2.45, 2.75) is 32.8 Å². The molecule has 2 rings (SSSR count). The normalized spacial score (nSPS) is 10.6. The third kappa shape index (κ3) is 14.2. The van der Waals surface area contributed by atoms with Crippen molar-refractivity contribution in [1.82, 2.24) is 0 Å². The zero-order valence-corrected chi connectivity index (χ0v) is 25.5. The highest BCUT2D eigenvalue weighted by molar-refractivity contribution is 5.94. The van der Waals surface area contributed by atoms with E-state index in [9.17, 15) is 24.0 Å². The van der Waals surface area contributed by atoms with Crippen molar-refractivity contribution in [2.24, 2.45) is 0 Å². The Kier molecular flexibility index (Phi) is 17.3. The maximum atomic E-state index is 12.8. The summed E-state index contributed by atoms with van der Waals surface area (Å²) in [5.41, 5.74) is -0.0970. The highest BCUT2D eigenvalue weighted by Gasteiger charge is 2.24. The number of carbonyl (C=O) groups is 5. The number of carbonyl (C=O) groups excluding carboxylic acids is 5. The molecule has 0 unspecified atom stereocenters. The van der Waals surface area contributed by atoms with Gasteiger partial charge in [-0.3, -0.25) is 9.59 Å². The van der Waals surface area contributed by atoms with Crippen LogP contribution in [-0.4, -0.2) is 96.1 Å². The first kappa shape index (κ1) is 36.7. The van der Waals surface area contributed by atoms with Crippen LogP contribution in [0.15, 0.2) is 48.5 Å². The predicted octanol–water partition coefficient (Wildman–Crippen LogP) is 3.53. The topological polar surface area (TPSA) is 168 Å². The molecule has 0 bridgehead atoms. The van der Waals surface area contributed by atoms with Crippen LogP contribution < -0.4 is 9.47 Å². The van der Waals surface area contributed by atoms with E-state index in [4.69, 9.17) is 42.6 Å². The summed E-state index contributed by atoms with van der Waals surface area (Å²) >= 11 is 0. The van der Waals surface area contributed by atoms with Gasteiger partial charge in [-0.25, -0.2) is 14.4 Å². The Bertz CT molecular complexity index is 1170. The van der Waals surface area contributed by atoms with Crippen molar-refractivity contribution in [3.05, 3.63) is 59.7 Å². The van der Waals surface area contributed by atoms with Gasteiger partial charge in [0, 0.05) is 20.0 Å². The van der Waals surface area contributed by atoms with Crippen molar-refractivity contribution >= 4 is 30.0 Å². The monoisotopic (exact) mass is 634 g/mol. The number of esters is 4. The fraction of sp³-hybridized carbons (Fsp3) is 0.452. The van der Waals surface area contributed by atoms with Gasteiger partial charge in [0.2, 0.25) is 0 Å². The van der Waals surface area contributed by atoms with Gasteiger partial charge in [0.1, 0.15) is 42.4 Å². The van der Waals surface area contributed by atoms with Crippen LogP contribution >= 0.6 is 0 Å². The van der Waals surface area contributed by atoms with Gasteiger partial charge in [-0.2, -0.15) is 0 Å². The van der Waals surface area contributed by atoms with E-state index in [-0.39, 0.29) is 55.3 Å². The minimum atomic E-state index is -1.31. The molecule has 0 aromatic heterocycles. The molecule has 0 amide bonds. The van der Waals surface area contributed by atoms with Crippen molar-refractivity contribution in [1.29, 1.82) is 0 Å². The lowest BCUT2D eigenvalue weighted by atomic mass is 10.2. The van der Waals surface area contributed by atoms with Gasteiger partial charge < -0.3 is 42.6 Å². The molecule has 14 nitrogen and oxygen atoms in total. The molecule has 14 heteroatoms. The molecule has 0 N–H and O–H groups in total. The quantitative estimate of drug-likeness (QED) is 0.0897. The molecule has 0 spiro atoms. The largest absolute Gasteiger partial charge is 0.508 e. The third-order valence-corrected chi connectivity index (χ3v) is 5.55. The molecule has 45 heavy (non-hydrogen) atoms. The molecule has 0 heterocycles. The van der Waals surface area contributed by atoms with Crippen molar-refractivity contribution in [3.8, 4) is 11.5 Å². The number of benzene rings is 2. The molecule has 2 aromatic rings. The van der Waals surface area contributed by atoms with Crippen LogP contribution in [0.3, 0.4) is 0 Å². The second-order valence-corrected chi connectivity index (χ2v) is 8.90. The molecule has 0 aliphatic carbocycles. The summed E-state index contributed by atoms with van der Waals surface area (Å²) in [4.78, 5) is 61.6. The Morgan fingerprint density at radius 1 is 0.600 bits per heavy atom. The van der Waals surface area contributed by atoms with Gasteiger partial charge in [-0.1, -0.05) is 38.1 Å². The van der Waals surface area contributed by atoms with Crippen LogP contribution in [0.1, 0.15) is 47.4 Å². The zero-order valence-electron chi connectivity index (χ0n) is 25.5. The Hall–Kier alpha value is -4.53. The van der Waals surface area contributed by atoms with Crippen LogP contribution in [0.25, 0.3) is 0 Å². The molecule has 0 radical (unpaired) electrons. The highest BCUT2D eigenvalue weighted by atomic mass is 16.7. The summed E-state index contributed by atoms with van der Waals surface area (Å²) in [6, 6.07) is 11.9. The van der Waals surface area contributed by atoms with Gasteiger partial charge in [0.15, 0.2) is 6.10 Å². The lowest BCUT2D eigenvalue weighted by Crippen LogP contribution is -2.31. The Balaban J connectivity index is 2.02. The Morgan fingerprint density at radius 2 is 1.04 bits per heavy atom. The number of hydrogen-bond donors (Lipinski definition) is 0. The van der Waals surface area contributed by atoms with Crippen LogP contribution in [-0.2, 0) is 42.7 Å². The minimum Gasteiger partial charge on any atom is -0.458 e. The van der Waals surface area contributed by atoms with Gasteiger partial charge >= 0.3 is 30.0 Å². The van der Waals surface area contributed by atoms with Crippen molar-refractivity contribution in [3.63, 3.8) is 0 Å². The van der Waals surface area contributed by atoms with Gasteiger partial charge in [0.25, 0.3) is 0 Å². The van der Waals surface area contributed by atoms with E-state index in [0.29, 0.717) is 19.8 Å². The average Bonchev–Trinajstić information content (AvgIpc) is 3.05. The van der Waals surface area contributed by atoms with E-state index in [1.54, 1.807) is 45.2 Å². The molecular formula is C31H38O14. The molecule has 0 saturated carbocycles. The molecule has 0 aliphatic rings. The van der Waals surface area contributed by atoms with E-state index in [1.165, 1.54) is 24.3 Å². The zero-order chi connectivity index (χ0) is 32.9. The molecule has 246 valence electrons. The number of ether oxygens (including phenoxy) is 9. The second-order valence-electron chi connectivity index (χ2n) is 8.90. The SMILES string of the molecule is CCC(=O)Oc1ccccc1C(=O)OCC(COC(=O)c1ccccc1OC(=O)CC)OC(=O)OCCOCCOCCOC. The predicted molar refractivity (Wildman–Crippen MR) is 155 cm³/mol. The summed E-state index contributed by atoms with van der Waals surface area (Å²) in [5.74, 6) is -2.92. The number of methoxy groups -OCH3 is 1. The molecule has 0 atom stereocenters. The standard InChI is InChI=1S/C31H38O14/c1-4-27(32)44-25-12-8-6-10-23(25)29(34)41-20-22(43-31(36)40-19-18-39-17-16-38-15-14-37-3)21-42-30(35)24-11-7-9-13-26(24)45-28(33)5-2/h6-13,22H,4-5,14-21H2,1-3H3. The summed E-state index contributed by atoms with van der Waals surface area (Å²) < 4.78 is 46.7. The molecule has 0 fully saturated rings. The summed E-state index contributed by atoms with van der Waals surface area (Å²) in [6.45, 7) is 3.45. The van der Waals surface area contributed by atoms with E-state index in [1.807, 2.05) is 0 Å². The summed E-state index contributed by atoms with van der Waals surface area (Å²) in [5, 5.41) is 0. The van der Waals surface area contributed by atoms with E-state index < -0.39 is 49.4 Å². The minimum absolute atomic E-state index is 0.0139. The van der Waals surface area contributed by atoms with Gasteiger partial charge in [0.05, 0.1) is 33.0 Å². The fourth-order valence-electron chi connectivity index (χ4n) is 3.27. The average molecular weight is 635 g/mol. The molecule has 0 aliphatic heterocycles. The van der Waals surface area contributed by atoms with E-state index in [0.717, 1.165) is 0 Å². The third-order valence-electron chi connectivity index (χ3n) is 5.55. The lowest BCUT2D eigenvalue weighted by molar-refractivity contribution is -0.134. The maximum Gasteiger partial charge on any atom is 0.508 e. The van der Waals surface area contributed by atoms with E-state index in [2.05, 4.69) is 0 Å². The number of rotatable bonds is 20. The Labute approximate surface area is 260 Å². The number of para-hydroxylation sites is 2. The van der Waals surface area contributed by atoms with Crippen LogP contribution in [0.4, 0.5) is 4.79 Å². The maximum absolute atomic E-state index is 12.8. The lowest BCUT2D eigenvalue weighted by Gasteiger charge is -2.18. The highest BCUT2D eigenvalue weighted by Crippen LogP contribution is 2.21. The Morgan fingerprint density at radius 3 is 1.51 bits per heavy atom. The van der Waals surface area contributed by atoms with Gasteiger partial charge in [-0.05, 0) is 24.3 Å². The summed E-state index contributed by atoms with van der Waals surface area (Å²) in [7, 11) is 1.56. The smallest absolute Gasteiger partial charge is 0.458 e. The van der Waals surface area contributed by atoms with Crippen LogP contribution in [0.2, 0.25) is 0 Å².